The van der Waals surface area contributed by atoms with Crippen LogP contribution in [0.3, 0.4) is 0 Å². The Morgan fingerprint density at radius 1 is 1.04 bits per heavy atom. The van der Waals surface area contributed by atoms with Gasteiger partial charge in [-0.05, 0) is 75.3 Å². The second kappa shape index (κ2) is 5.64. The van der Waals surface area contributed by atoms with Crippen molar-refractivity contribution in [2.75, 3.05) is 0 Å². The highest BCUT2D eigenvalue weighted by atomic mass is 16.3. The summed E-state index contributed by atoms with van der Waals surface area (Å²) < 4.78 is 0. The third-order valence-electron chi connectivity index (χ3n) is 6.46. The number of aromatic hydroxyl groups is 3. The number of carbonyl (C=O) groups excluding carboxylic acids is 1. The molecule has 6 nitrogen and oxygen atoms in total. The van der Waals surface area contributed by atoms with Crippen LogP contribution in [0.1, 0.15) is 55.8 Å². The molecule has 0 atom stereocenters. The maximum Gasteiger partial charge on any atom is 0.271 e. The summed E-state index contributed by atoms with van der Waals surface area (Å²) in [5, 5.41) is 32.8. The van der Waals surface area contributed by atoms with Gasteiger partial charge in [-0.1, -0.05) is 0 Å². The van der Waals surface area contributed by atoms with Crippen LogP contribution >= 0.6 is 0 Å². The number of hydrogen-bond acceptors (Lipinski definition) is 5. The fourth-order valence-corrected chi connectivity index (χ4v) is 5.61. The van der Waals surface area contributed by atoms with Crippen molar-refractivity contribution >= 4 is 11.6 Å². The Morgan fingerprint density at radius 3 is 2.00 bits per heavy atom. The van der Waals surface area contributed by atoms with Crippen LogP contribution in [0, 0.1) is 23.2 Å². The quantitative estimate of drug-likeness (QED) is 0.384. The molecule has 6 heteroatoms. The number of carbonyl (C=O) groups is 1. The van der Waals surface area contributed by atoms with Crippen molar-refractivity contribution in [3.8, 4) is 17.2 Å². The van der Waals surface area contributed by atoms with Crippen LogP contribution in [0.4, 0.5) is 0 Å². The molecule has 1 amide bonds. The van der Waals surface area contributed by atoms with Gasteiger partial charge in [0, 0.05) is 16.7 Å². The number of amides is 1. The molecule has 0 saturated heterocycles. The molecule has 1 aromatic carbocycles. The van der Waals surface area contributed by atoms with Gasteiger partial charge in [-0.3, -0.25) is 4.79 Å². The molecule has 134 valence electrons. The highest BCUT2D eigenvalue weighted by Crippen LogP contribution is 2.60. The number of rotatable bonds is 3. The van der Waals surface area contributed by atoms with E-state index in [9.17, 15) is 20.1 Å². The summed E-state index contributed by atoms with van der Waals surface area (Å²) in [6.07, 6.45) is 7.57. The van der Waals surface area contributed by atoms with Crippen LogP contribution in [0.15, 0.2) is 17.2 Å². The molecule has 4 aliphatic carbocycles. The maximum atomic E-state index is 12.3. The van der Waals surface area contributed by atoms with Crippen LogP contribution in [-0.2, 0) is 0 Å². The number of nitrogens with one attached hydrogen (secondary N) is 1. The van der Waals surface area contributed by atoms with Gasteiger partial charge in [-0.25, -0.2) is 5.43 Å². The summed E-state index contributed by atoms with van der Waals surface area (Å²) >= 11 is 0. The Kier molecular flexibility index (Phi) is 3.67. The standard InChI is InChI=1S/C19H24N2O4/c1-10(19-7-11-2-12(8-19)4-13(3-11)9-19)20-21-18(25)14-5-15(22)17(24)16(23)6-14/h5-6,11-13,22-24H,2-4,7-9H2,1H3,(H,21,25)/b20-10-. The summed E-state index contributed by atoms with van der Waals surface area (Å²) in [6.45, 7) is 2.00. The first-order chi connectivity index (χ1) is 11.9. The first kappa shape index (κ1) is 16.2. The lowest BCUT2D eigenvalue weighted by Crippen LogP contribution is -2.49. The molecule has 0 spiro atoms. The first-order valence-electron chi connectivity index (χ1n) is 8.96. The zero-order valence-corrected chi connectivity index (χ0v) is 14.3. The van der Waals surface area contributed by atoms with E-state index in [0.29, 0.717) is 0 Å². The summed E-state index contributed by atoms with van der Waals surface area (Å²) in [7, 11) is 0. The van der Waals surface area contributed by atoms with Crippen LogP contribution in [0.2, 0.25) is 0 Å². The minimum atomic E-state index is -0.634. The van der Waals surface area contributed by atoms with E-state index in [1.54, 1.807) is 0 Å². The molecule has 0 heterocycles. The van der Waals surface area contributed by atoms with Crippen LogP contribution in [0.5, 0.6) is 17.2 Å². The Balaban J connectivity index is 1.51. The number of benzene rings is 1. The Hall–Kier alpha value is -2.24. The SMILES string of the molecule is C/C(=N/NC(=O)c1cc(O)c(O)c(O)c1)C12CC3CC(CC(C3)C1)C2. The van der Waals surface area contributed by atoms with Crippen molar-refractivity contribution in [2.45, 2.75) is 45.4 Å². The highest BCUT2D eigenvalue weighted by Gasteiger charge is 2.52. The molecule has 0 aliphatic heterocycles. The number of hydrazone groups is 1. The van der Waals surface area contributed by atoms with E-state index in [2.05, 4.69) is 10.5 Å². The molecule has 4 bridgehead atoms. The molecule has 4 aliphatic rings. The molecular formula is C19H24N2O4. The van der Waals surface area contributed by atoms with Crippen molar-refractivity contribution < 1.29 is 20.1 Å². The van der Waals surface area contributed by atoms with Crippen molar-refractivity contribution in [2.24, 2.45) is 28.3 Å². The normalized spacial score (nSPS) is 33.5. The molecule has 4 saturated carbocycles. The van der Waals surface area contributed by atoms with Gasteiger partial charge in [0.25, 0.3) is 5.91 Å². The minimum Gasteiger partial charge on any atom is -0.504 e. The summed E-state index contributed by atoms with van der Waals surface area (Å²) in [6, 6.07) is 2.22. The smallest absolute Gasteiger partial charge is 0.271 e. The number of phenolic OH excluding ortho intramolecular Hbond substituents is 3. The lowest BCUT2D eigenvalue weighted by atomic mass is 9.48. The summed E-state index contributed by atoms with van der Waals surface area (Å²) in [4.78, 5) is 12.3. The van der Waals surface area contributed by atoms with E-state index in [-0.39, 0.29) is 11.0 Å². The van der Waals surface area contributed by atoms with Gasteiger partial charge < -0.3 is 15.3 Å². The third-order valence-corrected chi connectivity index (χ3v) is 6.46. The number of phenols is 3. The monoisotopic (exact) mass is 344 g/mol. The van der Waals surface area contributed by atoms with Gasteiger partial charge >= 0.3 is 0 Å². The van der Waals surface area contributed by atoms with E-state index in [1.165, 1.54) is 38.5 Å². The number of nitrogens with zero attached hydrogens (tertiary/aromatic N) is 1. The largest absolute Gasteiger partial charge is 0.504 e. The molecule has 0 aromatic heterocycles. The second-order valence-corrected chi connectivity index (χ2v) is 8.20. The molecule has 1 aromatic rings. The lowest BCUT2D eigenvalue weighted by molar-refractivity contribution is -0.0128. The van der Waals surface area contributed by atoms with E-state index < -0.39 is 23.2 Å². The molecule has 5 rings (SSSR count). The third kappa shape index (κ3) is 2.73. The maximum absolute atomic E-state index is 12.3. The molecular weight excluding hydrogens is 320 g/mol. The topological polar surface area (TPSA) is 102 Å². The fraction of sp³-hybridized carbons (Fsp3) is 0.579. The molecule has 4 fully saturated rings. The van der Waals surface area contributed by atoms with Gasteiger partial charge in [0.2, 0.25) is 0 Å². The fourth-order valence-electron chi connectivity index (χ4n) is 5.61. The predicted molar refractivity (Wildman–Crippen MR) is 92.6 cm³/mol. The van der Waals surface area contributed by atoms with Gasteiger partial charge in [0.1, 0.15) is 0 Å². The van der Waals surface area contributed by atoms with E-state index in [1.807, 2.05) is 6.92 Å². The highest BCUT2D eigenvalue weighted by molar-refractivity contribution is 5.97. The van der Waals surface area contributed by atoms with Crippen molar-refractivity contribution in [3.63, 3.8) is 0 Å². The van der Waals surface area contributed by atoms with Crippen molar-refractivity contribution in [3.05, 3.63) is 17.7 Å². The van der Waals surface area contributed by atoms with Crippen LogP contribution in [-0.4, -0.2) is 26.9 Å². The number of hydrogen-bond donors (Lipinski definition) is 4. The zero-order chi connectivity index (χ0) is 17.8. The van der Waals surface area contributed by atoms with Gasteiger partial charge in [-0.2, -0.15) is 5.10 Å². The minimum absolute atomic E-state index is 0.0508. The van der Waals surface area contributed by atoms with E-state index >= 15 is 0 Å². The zero-order valence-electron chi connectivity index (χ0n) is 14.3. The predicted octanol–water partition coefficient (Wildman–Crippen LogP) is 3.13. The molecule has 0 radical (unpaired) electrons. The van der Waals surface area contributed by atoms with Gasteiger partial charge in [0.15, 0.2) is 17.2 Å². The molecule has 0 unspecified atom stereocenters. The Bertz CT molecular complexity index is 698. The average Bonchev–Trinajstić information content (AvgIpc) is 2.55. The van der Waals surface area contributed by atoms with Crippen LogP contribution in [0.25, 0.3) is 0 Å². The average molecular weight is 344 g/mol. The van der Waals surface area contributed by atoms with Crippen molar-refractivity contribution in [1.29, 1.82) is 0 Å². The van der Waals surface area contributed by atoms with Gasteiger partial charge in [-0.15, -0.1) is 0 Å². The summed E-state index contributed by atoms with van der Waals surface area (Å²) in [5.74, 6) is 0.188. The van der Waals surface area contributed by atoms with Gasteiger partial charge in [0.05, 0.1) is 0 Å². The second-order valence-electron chi connectivity index (χ2n) is 8.20. The first-order valence-corrected chi connectivity index (χ1v) is 8.96. The van der Waals surface area contributed by atoms with Crippen molar-refractivity contribution in [1.82, 2.24) is 5.43 Å². The lowest BCUT2D eigenvalue weighted by Gasteiger charge is -2.56. The molecule has 25 heavy (non-hydrogen) atoms. The Labute approximate surface area is 146 Å². The summed E-state index contributed by atoms with van der Waals surface area (Å²) in [5.41, 5.74) is 3.70. The van der Waals surface area contributed by atoms with Crippen LogP contribution < -0.4 is 5.43 Å². The molecule has 4 N–H and O–H groups in total. The Morgan fingerprint density at radius 2 is 1.52 bits per heavy atom. The van der Waals surface area contributed by atoms with E-state index in [4.69, 9.17) is 0 Å². The van der Waals surface area contributed by atoms with E-state index in [0.717, 1.165) is 35.6 Å².